The monoisotopic (exact) mass is 403 g/mol. The molecule has 0 aliphatic rings. The summed E-state index contributed by atoms with van der Waals surface area (Å²) in [6, 6.07) is 6.19. The number of carbonyl (C=O) groups excluding carboxylic acids is 1. The SMILES string of the molecule is O=Cc1c(F)ccc([N+](=O)[O-])c1Cc1ccc(I)cc1F. The van der Waals surface area contributed by atoms with E-state index >= 15 is 0 Å². The molecule has 0 aliphatic heterocycles. The normalized spacial score (nSPS) is 10.4. The van der Waals surface area contributed by atoms with Gasteiger partial charge in [0.05, 0.1) is 10.5 Å². The number of aldehydes is 1. The Morgan fingerprint density at radius 3 is 2.48 bits per heavy atom. The first-order valence-electron chi connectivity index (χ1n) is 5.79. The molecule has 0 fully saturated rings. The zero-order chi connectivity index (χ0) is 15.6. The first-order valence-corrected chi connectivity index (χ1v) is 6.86. The van der Waals surface area contributed by atoms with Crippen molar-refractivity contribution >= 4 is 34.6 Å². The van der Waals surface area contributed by atoms with E-state index in [1.807, 2.05) is 22.6 Å². The number of rotatable bonds is 4. The second kappa shape index (κ2) is 6.25. The fourth-order valence-corrected chi connectivity index (χ4v) is 2.42. The molecular weight excluding hydrogens is 395 g/mol. The largest absolute Gasteiger partial charge is 0.298 e. The Bertz CT molecular complexity index is 734. The first-order chi connectivity index (χ1) is 9.93. The molecule has 0 saturated carbocycles. The van der Waals surface area contributed by atoms with Crippen LogP contribution in [-0.4, -0.2) is 11.2 Å². The zero-order valence-electron chi connectivity index (χ0n) is 10.5. The summed E-state index contributed by atoms with van der Waals surface area (Å²) >= 11 is 1.93. The van der Waals surface area contributed by atoms with Crippen LogP contribution in [0.15, 0.2) is 30.3 Å². The predicted molar refractivity (Wildman–Crippen MR) is 80.4 cm³/mol. The molecule has 0 radical (unpaired) electrons. The molecule has 0 bridgehead atoms. The van der Waals surface area contributed by atoms with E-state index in [2.05, 4.69) is 0 Å². The van der Waals surface area contributed by atoms with Gasteiger partial charge >= 0.3 is 0 Å². The minimum absolute atomic E-state index is 0.130. The van der Waals surface area contributed by atoms with Crippen molar-refractivity contribution in [2.24, 2.45) is 0 Å². The molecule has 0 amide bonds. The fraction of sp³-hybridized carbons (Fsp3) is 0.0714. The van der Waals surface area contributed by atoms with Crippen LogP contribution in [0.1, 0.15) is 21.5 Å². The number of halogens is 3. The van der Waals surface area contributed by atoms with Crippen molar-refractivity contribution < 1.29 is 18.5 Å². The number of nitro groups is 1. The van der Waals surface area contributed by atoms with Crippen LogP contribution in [0.5, 0.6) is 0 Å². The maximum Gasteiger partial charge on any atom is 0.273 e. The Labute approximate surface area is 132 Å². The fourth-order valence-electron chi connectivity index (χ4n) is 1.96. The van der Waals surface area contributed by atoms with Crippen LogP contribution in [0.2, 0.25) is 0 Å². The van der Waals surface area contributed by atoms with Crippen molar-refractivity contribution in [3.05, 3.63) is 72.3 Å². The lowest BCUT2D eigenvalue weighted by molar-refractivity contribution is -0.385. The number of nitrogens with zero attached hydrogens (tertiary/aromatic N) is 1. The maximum absolute atomic E-state index is 13.8. The molecule has 0 atom stereocenters. The van der Waals surface area contributed by atoms with Gasteiger partial charge < -0.3 is 0 Å². The Hall–Kier alpha value is -1.90. The van der Waals surface area contributed by atoms with Gasteiger partial charge in [0, 0.05) is 21.6 Å². The summed E-state index contributed by atoms with van der Waals surface area (Å²) < 4.78 is 28.1. The molecule has 0 spiro atoms. The number of hydrogen-bond acceptors (Lipinski definition) is 3. The van der Waals surface area contributed by atoms with E-state index in [4.69, 9.17) is 0 Å². The molecule has 0 aromatic heterocycles. The van der Waals surface area contributed by atoms with Crippen molar-refractivity contribution in [2.75, 3.05) is 0 Å². The minimum atomic E-state index is -0.864. The van der Waals surface area contributed by atoms with Crippen molar-refractivity contribution in [1.29, 1.82) is 0 Å². The quantitative estimate of drug-likeness (QED) is 0.337. The highest BCUT2D eigenvalue weighted by Gasteiger charge is 2.22. The smallest absolute Gasteiger partial charge is 0.273 e. The van der Waals surface area contributed by atoms with Crippen molar-refractivity contribution in [3.63, 3.8) is 0 Å². The van der Waals surface area contributed by atoms with Gasteiger partial charge in [-0.1, -0.05) is 6.07 Å². The van der Waals surface area contributed by atoms with Gasteiger partial charge in [0.1, 0.15) is 11.6 Å². The molecule has 2 rings (SSSR count). The predicted octanol–water partition coefficient (Wildman–Crippen LogP) is 3.88. The van der Waals surface area contributed by atoms with Crippen molar-refractivity contribution in [3.8, 4) is 0 Å². The molecule has 0 N–H and O–H groups in total. The Kier molecular flexibility index (Phi) is 4.61. The van der Waals surface area contributed by atoms with Gasteiger partial charge in [-0.25, -0.2) is 8.78 Å². The van der Waals surface area contributed by atoms with E-state index in [1.165, 1.54) is 12.1 Å². The Morgan fingerprint density at radius 2 is 1.90 bits per heavy atom. The number of carbonyl (C=O) groups is 1. The van der Waals surface area contributed by atoms with E-state index in [9.17, 15) is 23.7 Å². The number of hydrogen-bond donors (Lipinski definition) is 0. The van der Waals surface area contributed by atoms with E-state index in [0.29, 0.717) is 3.57 Å². The first kappa shape index (κ1) is 15.5. The lowest BCUT2D eigenvalue weighted by Gasteiger charge is -2.08. The topological polar surface area (TPSA) is 60.2 Å². The molecular formula is C14H8F2INO3. The van der Waals surface area contributed by atoms with Gasteiger partial charge in [-0.3, -0.25) is 14.9 Å². The highest BCUT2D eigenvalue weighted by atomic mass is 127. The van der Waals surface area contributed by atoms with Gasteiger partial charge in [-0.05, 0) is 46.4 Å². The second-order valence-corrected chi connectivity index (χ2v) is 5.49. The average Bonchev–Trinajstić information content (AvgIpc) is 2.41. The number of nitro benzene ring substituents is 1. The van der Waals surface area contributed by atoms with Crippen molar-refractivity contribution in [1.82, 2.24) is 0 Å². The number of benzene rings is 2. The van der Waals surface area contributed by atoms with E-state index < -0.39 is 27.8 Å². The van der Waals surface area contributed by atoms with Crippen LogP contribution in [0, 0.1) is 25.3 Å². The molecule has 2 aromatic rings. The summed E-state index contributed by atoms with van der Waals surface area (Å²) in [4.78, 5) is 21.3. The third kappa shape index (κ3) is 3.23. The lowest BCUT2D eigenvalue weighted by atomic mass is 9.98. The maximum atomic E-state index is 13.8. The van der Waals surface area contributed by atoms with Gasteiger partial charge in [-0.2, -0.15) is 0 Å². The lowest BCUT2D eigenvalue weighted by Crippen LogP contribution is -2.05. The molecule has 0 aliphatic carbocycles. The summed E-state index contributed by atoms with van der Waals surface area (Å²) in [5.74, 6) is -1.42. The average molecular weight is 403 g/mol. The van der Waals surface area contributed by atoms with Gasteiger partial charge in [-0.15, -0.1) is 0 Å². The minimum Gasteiger partial charge on any atom is -0.298 e. The standard InChI is InChI=1S/C14H8F2INO3/c15-12-3-4-14(18(20)21)10(11(12)7-19)5-8-1-2-9(17)6-13(8)16/h1-4,6-7H,5H2. The third-order valence-electron chi connectivity index (χ3n) is 2.98. The third-order valence-corrected chi connectivity index (χ3v) is 3.65. The van der Waals surface area contributed by atoms with Gasteiger partial charge in [0.15, 0.2) is 6.29 Å². The summed E-state index contributed by atoms with van der Waals surface area (Å²) in [6.45, 7) is 0. The molecule has 4 nitrogen and oxygen atoms in total. The molecule has 0 unspecified atom stereocenters. The molecule has 0 saturated heterocycles. The van der Waals surface area contributed by atoms with Crippen LogP contribution in [0.4, 0.5) is 14.5 Å². The Balaban J connectivity index is 2.59. The van der Waals surface area contributed by atoms with Crippen LogP contribution in [0.25, 0.3) is 0 Å². The molecule has 2 aromatic carbocycles. The highest BCUT2D eigenvalue weighted by Crippen LogP contribution is 2.27. The highest BCUT2D eigenvalue weighted by molar-refractivity contribution is 14.1. The van der Waals surface area contributed by atoms with E-state index in [0.717, 1.165) is 12.1 Å². The van der Waals surface area contributed by atoms with Gasteiger partial charge in [0.25, 0.3) is 5.69 Å². The molecule has 7 heteroatoms. The van der Waals surface area contributed by atoms with E-state index in [1.54, 1.807) is 6.07 Å². The van der Waals surface area contributed by atoms with Gasteiger partial charge in [0.2, 0.25) is 0 Å². The van der Waals surface area contributed by atoms with Crippen LogP contribution >= 0.6 is 22.6 Å². The zero-order valence-corrected chi connectivity index (χ0v) is 12.6. The summed E-state index contributed by atoms with van der Waals surface area (Å²) in [5.41, 5.74) is -0.791. The second-order valence-electron chi connectivity index (χ2n) is 4.25. The summed E-state index contributed by atoms with van der Waals surface area (Å²) in [5, 5.41) is 11.0. The van der Waals surface area contributed by atoms with Crippen LogP contribution in [-0.2, 0) is 6.42 Å². The summed E-state index contributed by atoms with van der Waals surface area (Å²) in [6.07, 6.45) is -0.0207. The molecule has 0 heterocycles. The van der Waals surface area contributed by atoms with E-state index in [-0.39, 0.29) is 23.8 Å². The Morgan fingerprint density at radius 1 is 1.19 bits per heavy atom. The van der Waals surface area contributed by atoms with Crippen LogP contribution in [0.3, 0.4) is 0 Å². The van der Waals surface area contributed by atoms with Crippen molar-refractivity contribution in [2.45, 2.75) is 6.42 Å². The molecule has 21 heavy (non-hydrogen) atoms. The summed E-state index contributed by atoms with van der Waals surface area (Å²) in [7, 11) is 0. The van der Waals surface area contributed by atoms with Crippen LogP contribution < -0.4 is 0 Å². The molecule has 108 valence electrons.